The molecule has 1 saturated heterocycles. The van der Waals surface area contributed by atoms with Crippen LogP contribution < -0.4 is 9.64 Å². The molecule has 1 aliphatic heterocycles. The molecule has 5 rings (SSSR count). The Morgan fingerprint density at radius 3 is 2.42 bits per heavy atom. The zero-order valence-electron chi connectivity index (χ0n) is 18.4. The Morgan fingerprint density at radius 2 is 1.76 bits per heavy atom. The quantitative estimate of drug-likeness (QED) is 0.465. The second-order valence-electron chi connectivity index (χ2n) is 8.01. The lowest BCUT2D eigenvalue weighted by atomic mass is 9.94. The molecule has 7 nitrogen and oxygen atoms in total. The molecule has 0 radical (unpaired) electrons. The number of carbonyl (C=O) groups is 1. The maximum Gasteiger partial charge on any atom is 0.254 e. The first-order valence-electron chi connectivity index (χ1n) is 10.8. The fourth-order valence-corrected chi connectivity index (χ4v) is 4.38. The van der Waals surface area contributed by atoms with Crippen molar-refractivity contribution in [3.63, 3.8) is 0 Å². The number of aryl methyl sites for hydroxylation is 1. The van der Waals surface area contributed by atoms with Gasteiger partial charge < -0.3 is 14.5 Å². The zero-order valence-corrected chi connectivity index (χ0v) is 18.4. The number of nitrogens with zero attached hydrogens (tertiary/aromatic N) is 4. The second kappa shape index (κ2) is 8.54. The number of hydrogen-bond donors (Lipinski definition) is 0. The van der Waals surface area contributed by atoms with Gasteiger partial charge in [-0.05, 0) is 52.2 Å². The highest BCUT2D eigenvalue weighted by molar-refractivity contribution is 6.11. The maximum atomic E-state index is 14.3. The molecule has 0 saturated carbocycles. The Bertz CT molecular complexity index is 1330. The molecular formula is C25H23FN4O3. The van der Waals surface area contributed by atoms with Crippen LogP contribution in [0.1, 0.15) is 16.1 Å². The Labute approximate surface area is 190 Å². The van der Waals surface area contributed by atoms with Crippen LogP contribution in [0, 0.1) is 12.7 Å². The average Bonchev–Trinajstić information content (AvgIpc) is 3.28. The van der Waals surface area contributed by atoms with Crippen molar-refractivity contribution in [2.24, 2.45) is 0 Å². The maximum absolute atomic E-state index is 14.3. The van der Waals surface area contributed by atoms with Crippen LogP contribution in [0.15, 0.2) is 59.2 Å². The first kappa shape index (κ1) is 20.9. The standard InChI is InChI=1S/C25H23FN4O3/c1-16-24(28-33-27-16)29-11-13-30(14-12-29)25(31)21-9-8-18(19-5-3-4-6-20(19)21)17-7-10-23(32-2)22(26)15-17/h3-10,15H,11-14H2,1-2H3. The molecular weight excluding hydrogens is 423 g/mol. The number of amides is 1. The van der Waals surface area contributed by atoms with E-state index in [9.17, 15) is 9.18 Å². The number of fused-ring (bicyclic) bond motifs is 1. The van der Waals surface area contributed by atoms with E-state index in [2.05, 4.69) is 15.2 Å². The molecule has 1 amide bonds. The summed E-state index contributed by atoms with van der Waals surface area (Å²) in [5.41, 5.74) is 2.97. The van der Waals surface area contributed by atoms with Crippen LogP contribution in [-0.2, 0) is 0 Å². The van der Waals surface area contributed by atoms with Crippen molar-refractivity contribution in [3.05, 3.63) is 71.7 Å². The van der Waals surface area contributed by atoms with Crippen molar-refractivity contribution in [1.29, 1.82) is 0 Å². The fraction of sp³-hybridized carbons (Fsp3) is 0.240. The number of anilines is 1. The zero-order chi connectivity index (χ0) is 22.9. The lowest BCUT2D eigenvalue weighted by molar-refractivity contribution is 0.0748. The van der Waals surface area contributed by atoms with Crippen LogP contribution in [0.2, 0.25) is 0 Å². The molecule has 0 N–H and O–H groups in total. The van der Waals surface area contributed by atoms with Crippen molar-refractivity contribution in [3.8, 4) is 16.9 Å². The highest BCUT2D eigenvalue weighted by Gasteiger charge is 2.26. The predicted molar refractivity (Wildman–Crippen MR) is 123 cm³/mol. The Morgan fingerprint density at radius 1 is 1.00 bits per heavy atom. The molecule has 1 fully saturated rings. The highest BCUT2D eigenvalue weighted by atomic mass is 19.1. The van der Waals surface area contributed by atoms with Crippen molar-refractivity contribution < 1.29 is 18.6 Å². The molecule has 1 aromatic heterocycles. The number of halogens is 1. The van der Waals surface area contributed by atoms with Crippen LogP contribution in [0.25, 0.3) is 21.9 Å². The summed E-state index contributed by atoms with van der Waals surface area (Å²) >= 11 is 0. The summed E-state index contributed by atoms with van der Waals surface area (Å²) < 4.78 is 24.2. The van der Waals surface area contributed by atoms with Gasteiger partial charge in [-0.2, -0.15) is 0 Å². The molecule has 168 valence electrons. The first-order chi connectivity index (χ1) is 16.1. The van der Waals surface area contributed by atoms with E-state index in [0.717, 1.165) is 33.4 Å². The lowest BCUT2D eigenvalue weighted by Crippen LogP contribution is -2.49. The highest BCUT2D eigenvalue weighted by Crippen LogP contribution is 2.33. The van der Waals surface area contributed by atoms with Gasteiger partial charge in [0, 0.05) is 31.7 Å². The molecule has 0 aliphatic carbocycles. The SMILES string of the molecule is COc1ccc(-c2ccc(C(=O)N3CCN(c4nonc4C)CC3)c3ccccc23)cc1F. The minimum absolute atomic E-state index is 0.0201. The van der Waals surface area contributed by atoms with E-state index in [1.54, 1.807) is 6.07 Å². The minimum Gasteiger partial charge on any atom is -0.494 e. The third-order valence-electron chi connectivity index (χ3n) is 6.11. The van der Waals surface area contributed by atoms with Crippen molar-refractivity contribution in [1.82, 2.24) is 15.2 Å². The van der Waals surface area contributed by atoms with Gasteiger partial charge >= 0.3 is 0 Å². The molecule has 3 aromatic carbocycles. The molecule has 0 atom stereocenters. The van der Waals surface area contributed by atoms with Gasteiger partial charge in [0.25, 0.3) is 5.91 Å². The van der Waals surface area contributed by atoms with E-state index in [1.165, 1.54) is 13.2 Å². The third kappa shape index (κ3) is 3.77. The van der Waals surface area contributed by atoms with Gasteiger partial charge in [0.1, 0.15) is 5.69 Å². The van der Waals surface area contributed by atoms with Gasteiger partial charge in [-0.3, -0.25) is 4.79 Å². The average molecular weight is 446 g/mol. The number of methoxy groups -OCH3 is 1. The lowest BCUT2D eigenvalue weighted by Gasteiger charge is -2.34. The van der Waals surface area contributed by atoms with Gasteiger partial charge in [0.2, 0.25) is 0 Å². The summed E-state index contributed by atoms with van der Waals surface area (Å²) in [5.74, 6) is 0.484. The molecule has 0 bridgehead atoms. The predicted octanol–water partition coefficient (Wildman–Crippen LogP) is 4.31. The van der Waals surface area contributed by atoms with E-state index < -0.39 is 5.82 Å². The van der Waals surface area contributed by atoms with E-state index >= 15 is 0 Å². The molecule has 1 aliphatic rings. The normalized spacial score (nSPS) is 14.0. The molecule has 0 unspecified atom stereocenters. The Hall–Kier alpha value is -3.94. The summed E-state index contributed by atoms with van der Waals surface area (Å²) in [6, 6.07) is 16.4. The van der Waals surface area contributed by atoms with E-state index in [0.29, 0.717) is 31.7 Å². The molecule has 33 heavy (non-hydrogen) atoms. The van der Waals surface area contributed by atoms with E-state index in [1.807, 2.05) is 54.3 Å². The number of hydrogen-bond acceptors (Lipinski definition) is 6. The van der Waals surface area contributed by atoms with Gasteiger partial charge in [-0.15, -0.1) is 0 Å². The molecule has 8 heteroatoms. The van der Waals surface area contributed by atoms with Crippen molar-refractivity contribution >= 4 is 22.5 Å². The second-order valence-corrected chi connectivity index (χ2v) is 8.01. The minimum atomic E-state index is -0.422. The topological polar surface area (TPSA) is 71.7 Å². The number of rotatable bonds is 4. The van der Waals surface area contributed by atoms with Gasteiger partial charge in [0.15, 0.2) is 17.4 Å². The number of benzene rings is 3. The summed E-state index contributed by atoms with van der Waals surface area (Å²) in [6.45, 7) is 4.31. The summed E-state index contributed by atoms with van der Waals surface area (Å²) in [7, 11) is 1.44. The Kier molecular flexibility index (Phi) is 5.42. The fourth-order valence-electron chi connectivity index (χ4n) is 4.38. The van der Waals surface area contributed by atoms with Crippen LogP contribution in [0.3, 0.4) is 0 Å². The van der Waals surface area contributed by atoms with Crippen LogP contribution in [0.5, 0.6) is 5.75 Å². The third-order valence-corrected chi connectivity index (χ3v) is 6.11. The van der Waals surface area contributed by atoms with Crippen LogP contribution >= 0.6 is 0 Å². The van der Waals surface area contributed by atoms with Crippen molar-refractivity contribution in [2.45, 2.75) is 6.92 Å². The van der Waals surface area contributed by atoms with Crippen molar-refractivity contribution in [2.75, 3.05) is 38.2 Å². The first-order valence-corrected chi connectivity index (χ1v) is 10.8. The van der Waals surface area contributed by atoms with Crippen LogP contribution in [0.4, 0.5) is 10.2 Å². The number of carbonyl (C=O) groups excluding carboxylic acids is 1. The van der Waals surface area contributed by atoms with Gasteiger partial charge in [-0.25, -0.2) is 9.02 Å². The number of piperazine rings is 1. The monoisotopic (exact) mass is 446 g/mol. The number of aromatic nitrogens is 2. The summed E-state index contributed by atoms with van der Waals surface area (Å²) in [4.78, 5) is 17.4. The van der Waals surface area contributed by atoms with Gasteiger partial charge in [0.05, 0.1) is 7.11 Å². The summed E-state index contributed by atoms with van der Waals surface area (Å²) in [5, 5.41) is 9.54. The Balaban J connectivity index is 1.44. The van der Waals surface area contributed by atoms with Gasteiger partial charge in [-0.1, -0.05) is 41.6 Å². The largest absolute Gasteiger partial charge is 0.494 e. The smallest absolute Gasteiger partial charge is 0.254 e. The molecule has 2 heterocycles. The summed E-state index contributed by atoms with van der Waals surface area (Å²) in [6.07, 6.45) is 0. The molecule has 4 aromatic rings. The van der Waals surface area contributed by atoms with E-state index in [-0.39, 0.29) is 11.7 Å². The number of ether oxygens (including phenoxy) is 1. The van der Waals surface area contributed by atoms with Crippen LogP contribution in [-0.4, -0.2) is 54.4 Å². The molecule has 0 spiro atoms. The van der Waals surface area contributed by atoms with E-state index in [4.69, 9.17) is 9.37 Å².